The van der Waals surface area contributed by atoms with Crippen molar-refractivity contribution in [3.8, 4) is 5.75 Å². The minimum atomic E-state index is -3.74. The van der Waals surface area contributed by atoms with Crippen LogP contribution >= 0.6 is 0 Å². The van der Waals surface area contributed by atoms with Crippen molar-refractivity contribution < 1.29 is 17.6 Å². The van der Waals surface area contributed by atoms with E-state index in [1.807, 2.05) is 0 Å². The molecule has 1 N–H and O–H groups in total. The molecule has 7 nitrogen and oxygen atoms in total. The molecule has 1 atom stereocenters. The lowest BCUT2D eigenvalue weighted by atomic mass is 10.2. The molecule has 2 aromatic heterocycles. The molecule has 0 fully saturated rings. The van der Waals surface area contributed by atoms with Crippen molar-refractivity contribution in [1.29, 1.82) is 0 Å². The average Bonchev–Trinajstić information content (AvgIpc) is 3.29. The van der Waals surface area contributed by atoms with Crippen LogP contribution in [0, 0.1) is 0 Å². The third-order valence-corrected chi connectivity index (χ3v) is 5.00. The molecule has 0 unspecified atom stereocenters. The molecule has 8 heteroatoms. The van der Waals surface area contributed by atoms with Gasteiger partial charge in [0.2, 0.25) is 10.0 Å². The number of ether oxygens (including phenoxy) is 1. The van der Waals surface area contributed by atoms with Gasteiger partial charge in [-0.25, -0.2) is 13.1 Å². The lowest BCUT2D eigenvalue weighted by Gasteiger charge is -2.17. The molecule has 0 saturated heterocycles. The van der Waals surface area contributed by atoms with Gasteiger partial charge in [-0.1, -0.05) is 12.1 Å². The quantitative estimate of drug-likeness (QED) is 0.707. The summed E-state index contributed by atoms with van der Waals surface area (Å²) in [6.45, 7) is 0.0928. The minimum absolute atomic E-state index is 0.0890. The van der Waals surface area contributed by atoms with Crippen LogP contribution in [0.1, 0.15) is 11.8 Å². The van der Waals surface area contributed by atoms with Gasteiger partial charge in [-0.15, -0.1) is 0 Å². The molecule has 0 aliphatic heterocycles. The van der Waals surface area contributed by atoms with E-state index in [1.54, 1.807) is 59.7 Å². The number of benzene rings is 1. The van der Waals surface area contributed by atoms with Gasteiger partial charge in [0, 0.05) is 18.9 Å². The zero-order chi connectivity index (χ0) is 17.0. The van der Waals surface area contributed by atoms with Crippen molar-refractivity contribution in [2.75, 3.05) is 13.7 Å². The minimum Gasteiger partial charge on any atom is -0.495 e. The van der Waals surface area contributed by atoms with Crippen molar-refractivity contribution in [3.63, 3.8) is 0 Å². The van der Waals surface area contributed by atoms with E-state index in [0.717, 1.165) is 0 Å². The van der Waals surface area contributed by atoms with E-state index in [4.69, 9.17) is 9.15 Å². The highest BCUT2D eigenvalue weighted by atomic mass is 32.2. The molecule has 3 rings (SSSR count). The number of hydrogen-bond acceptors (Lipinski definition) is 5. The van der Waals surface area contributed by atoms with Crippen molar-refractivity contribution in [2.24, 2.45) is 0 Å². The van der Waals surface area contributed by atoms with Crippen LogP contribution in [0.2, 0.25) is 0 Å². The molecule has 2 heterocycles. The Morgan fingerprint density at radius 3 is 2.75 bits per heavy atom. The van der Waals surface area contributed by atoms with E-state index in [0.29, 0.717) is 11.5 Å². The van der Waals surface area contributed by atoms with Crippen molar-refractivity contribution >= 4 is 10.0 Å². The highest BCUT2D eigenvalue weighted by Gasteiger charge is 2.23. The van der Waals surface area contributed by atoms with E-state index in [-0.39, 0.29) is 17.5 Å². The highest BCUT2D eigenvalue weighted by Crippen LogP contribution is 2.24. The summed E-state index contributed by atoms with van der Waals surface area (Å²) in [5.41, 5.74) is 0. The summed E-state index contributed by atoms with van der Waals surface area (Å²) in [5, 5.41) is 4.18. The molecule has 126 valence electrons. The first-order chi connectivity index (χ1) is 11.6. The van der Waals surface area contributed by atoms with Gasteiger partial charge in [-0.3, -0.25) is 4.68 Å². The van der Waals surface area contributed by atoms with Gasteiger partial charge in [0.15, 0.2) is 0 Å². The van der Waals surface area contributed by atoms with Gasteiger partial charge in [-0.05, 0) is 30.3 Å². The van der Waals surface area contributed by atoms with Crippen LogP contribution in [0.15, 0.2) is 70.4 Å². The molecular weight excluding hydrogens is 330 g/mol. The lowest BCUT2D eigenvalue weighted by molar-refractivity contribution is 0.397. The molecule has 3 aromatic rings. The Balaban J connectivity index is 1.84. The summed E-state index contributed by atoms with van der Waals surface area (Å²) < 4.78 is 40.0. The monoisotopic (exact) mass is 347 g/mol. The summed E-state index contributed by atoms with van der Waals surface area (Å²) in [4.78, 5) is 0.0890. The van der Waals surface area contributed by atoms with Gasteiger partial charge in [-0.2, -0.15) is 5.10 Å². The largest absolute Gasteiger partial charge is 0.495 e. The van der Waals surface area contributed by atoms with Crippen LogP contribution < -0.4 is 9.46 Å². The number of methoxy groups -OCH3 is 1. The molecule has 1 aromatic carbocycles. The Labute approximate surface area is 139 Å². The Morgan fingerprint density at radius 2 is 2.08 bits per heavy atom. The van der Waals surface area contributed by atoms with Crippen LogP contribution in [-0.2, 0) is 10.0 Å². The molecular formula is C16H17N3O4S. The summed E-state index contributed by atoms with van der Waals surface area (Å²) in [6.07, 6.45) is 4.93. The maximum Gasteiger partial charge on any atom is 0.244 e. The predicted molar refractivity (Wildman–Crippen MR) is 87.3 cm³/mol. The highest BCUT2D eigenvalue weighted by molar-refractivity contribution is 7.89. The first kappa shape index (κ1) is 16.3. The van der Waals surface area contributed by atoms with E-state index >= 15 is 0 Å². The summed E-state index contributed by atoms with van der Waals surface area (Å²) >= 11 is 0. The lowest BCUT2D eigenvalue weighted by Crippen LogP contribution is -2.31. The standard InChI is InChI=1S/C16H17N3O4S/c1-22-15-6-2-3-8-16(15)24(20,21)18-12-13(14-7-4-11-23-14)19-10-5-9-17-19/h2-11,13,18H,12H2,1H3/t13-/m1/s1. The van der Waals surface area contributed by atoms with Crippen molar-refractivity contribution in [2.45, 2.75) is 10.9 Å². The zero-order valence-electron chi connectivity index (χ0n) is 13.0. The Bertz CT molecular complexity index is 840. The smallest absolute Gasteiger partial charge is 0.244 e. The fourth-order valence-corrected chi connectivity index (χ4v) is 3.58. The fourth-order valence-electron chi connectivity index (χ4n) is 2.38. The van der Waals surface area contributed by atoms with Crippen LogP contribution in [-0.4, -0.2) is 31.9 Å². The average molecular weight is 347 g/mol. The van der Waals surface area contributed by atoms with E-state index in [9.17, 15) is 8.42 Å². The predicted octanol–water partition coefficient (Wildman–Crippen LogP) is 2.05. The number of rotatable bonds is 7. The van der Waals surface area contributed by atoms with Crippen LogP contribution in [0.5, 0.6) is 5.75 Å². The maximum absolute atomic E-state index is 12.6. The number of nitrogens with one attached hydrogen (secondary N) is 1. The molecule has 0 aliphatic rings. The number of nitrogens with zero attached hydrogens (tertiary/aromatic N) is 2. The van der Waals surface area contributed by atoms with Crippen LogP contribution in [0.25, 0.3) is 0 Å². The van der Waals surface area contributed by atoms with Gasteiger partial charge in [0.05, 0.1) is 13.4 Å². The number of furan rings is 1. The first-order valence-electron chi connectivity index (χ1n) is 7.27. The molecule has 0 saturated carbocycles. The van der Waals surface area contributed by atoms with Crippen LogP contribution in [0.3, 0.4) is 0 Å². The van der Waals surface area contributed by atoms with Crippen molar-refractivity contribution in [3.05, 3.63) is 66.9 Å². The Hall–Kier alpha value is -2.58. The van der Waals surface area contributed by atoms with Crippen molar-refractivity contribution in [1.82, 2.24) is 14.5 Å². The molecule has 0 radical (unpaired) electrons. The van der Waals surface area contributed by atoms with E-state index in [1.165, 1.54) is 13.2 Å². The maximum atomic E-state index is 12.6. The molecule has 0 aliphatic carbocycles. The fraction of sp³-hybridized carbons (Fsp3) is 0.188. The molecule has 24 heavy (non-hydrogen) atoms. The molecule has 0 spiro atoms. The zero-order valence-corrected chi connectivity index (χ0v) is 13.8. The Kier molecular flexibility index (Phi) is 4.68. The normalized spacial score (nSPS) is 12.9. The number of aromatic nitrogens is 2. The van der Waals surface area contributed by atoms with Crippen LogP contribution in [0.4, 0.5) is 0 Å². The van der Waals surface area contributed by atoms with Gasteiger partial charge in [0.1, 0.15) is 22.4 Å². The van der Waals surface area contributed by atoms with Gasteiger partial charge < -0.3 is 9.15 Å². The first-order valence-corrected chi connectivity index (χ1v) is 8.75. The number of sulfonamides is 1. The topological polar surface area (TPSA) is 86.4 Å². The second kappa shape index (κ2) is 6.90. The SMILES string of the molecule is COc1ccccc1S(=O)(=O)NC[C@H](c1ccco1)n1cccn1. The third-order valence-electron chi connectivity index (χ3n) is 3.54. The number of para-hydroxylation sites is 1. The second-order valence-corrected chi connectivity index (χ2v) is 6.76. The van der Waals surface area contributed by atoms with Gasteiger partial charge in [0.25, 0.3) is 0 Å². The third kappa shape index (κ3) is 3.34. The molecule has 0 bridgehead atoms. The molecule has 0 amide bonds. The second-order valence-electron chi connectivity index (χ2n) is 5.02. The summed E-state index contributed by atoms with van der Waals surface area (Å²) in [5.74, 6) is 0.903. The van der Waals surface area contributed by atoms with E-state index in [2.05, 4.69) is 9.82 Å². The number of hydrogen-bond donors (Lipinski definition) is 1. The van der Waals surface area contributed by atoms with Gasteiger partial charge >= 0.3 is 0 Å². The summed E-state index contributed by atoms with van der Waals surface area (Å²) in [6, 6.07) is 11.4. The van der Waals surface area contributed by atoms with E-state index < -0.39 is 10.0 Å². The summed E-state index contributed by atoms with van der Waals surface area (Å²) in [7, 11) is -2.30. The Morgan fingerprint density at radius 1 is 1.25 bits per heavy atom.